The molecule has 1 saturated carbocycles. The van der Waals surface area contributed by atoms with E-state index in [-0.39, 0.29) is 6.04 Å². The van der Waals surface area contributed by atoms with Gasteiger partial charge in [-0.05, 0) is 37.2 Å². The molecule has 0 radical (unpaired) electrons. The van der Waals surface area contributed by atoms with E-state index in [9.17, 15) is 4.79 Å². The highest BCUT2D eigenvalue weighted by molar-refractivity contribution is 5.87. The Bertz CT molecular complexity index is 766. The van der Waals surface area contributed by atoms with Crippen molar-refractivity contribution in [2.45, 2.75) is 51.5 Å². The first-order valence-corrected chi connectivity index (χ1v) is 9.92. The molecule has 0 unspecified atom stereocenters. The van der Waals surface area contributed by atoms with Gasteiger partial charge in [-0.25, -0.2) is 9.97 Å². The molecule has 2 aromatic rings. The minimum absolute atomic E-state index is 0.282. The summed E-state index contributed by atoms with van der Waals surface area (Å²) in [6.45, 7) is 3.97. The van der Waals surface area contributed by atoms with E-state index < -0.39 is 0 Å². The van der Waals surface area contributed by atoms with Crippen LogP contribution in [0.25, 0.3) is 11.0 Å². The Labute approximate surface area is 155 Å². The average Bonchev–Trinajstić information content (AvgIpc) is 3.32. The van der Waals surface area contributed by atoms with Crippen LogP contribution in [0.3, 0.4) is 0 Å². The van der Waals surface area contributed by atoms with Crippen LogP contribution in [0.5, 0.6) is 0 Å². The molecule has 2 fully saturated rings. The van der Waals surface area contributed by atoms with Gasteiger partial charge in [-0.2, -0.15) is 0 Å². The maximum absolute atomic E-state index is 12.8. The number of H-pyrrole nitrogens is 1. The van der Waals surface area contributed by atoms with Crippen molar-refractivity contribution in [2.75, 3.05) is 25.0 Å². The second kappa shape index (κ2) is 7.25. The lowest BCUT2D eigenvalue weighted by atomic mass is 9.91. The standard InChI is InChI=1S/C20H29N5O/c1-14-8-10-25(18(26)11-15-5-3-4-6-15)12-17(14)24(2)20-16-7-9-21-19(16)22-13-23-20/h7,9,13-15,17H,3-6,8,10-12H2,1-2H3,(H,21,22,23)/t14-,17+/m1/s1. The smallest absolute Gasteiger partial charge is 0.222 e. The fraction of sp³-hybridized carbons (Fsp3) is 0.650. The lowest BCUT2D eigenvalue weighted by molar-refractivity contribution is -0.133. The van der Waals surface area contributed by atoms with Gasteiger partial charge >= 0.3 is 0 Å². The molecule has 4 rings (SSSR count). The number of amides is 1. The Balaban J connectivity index is 1.49. The van der Waals surface area contributed by atoms with Gasteiger partial charge in [0.05, 0.1) is 11.4 Å². The highest BCUT2D eigenvalue weighted by atomic mass is 16.2. The van der Waals surface area contributed by atoms with Crippen LogP contribution >= 0.6 is 0 Å². The van der Waals surface area contributed by atoms with Crippen molar-refractivity contribution in [1.29, 1.82) is 0 Å². The summed E-state index contributed by atoms with van der Waals surface area (Å²) in [5.41, 5.74) is 0.861. The van der Waals surface area contributed by atoms with Gasteiger partial charge < -0.3 is 14.8 Å². The minimum Gasteiger partial charge on any atom is -0.354 e. The molecule has 2 aliphatic rings. The molecule has 0 spiro atoms. The van der Waals surface area contributed by atoms with E-state index in [1.165, 1.54) is 25.7 Å². The van der Waals surface area contributed by atoms with Crippen molar-refractivity contribution in [1.82, 2.24) is 19.9 Å². The van der Waals surface area contributed by atoms with Crippen LogP contribution in [-0.4, -0.2) is 51.9 Å². The number of nitrogens with one attached hydrogen (secondary N) is 1. The van der Waals surface area contributed by atoms with Crippen molar-refractivity contribution >= 4 is 22.8 Å². The average molecular weight is 355 g/mol. The normalized spacial score (nSPS) is 24.3. The quantitative estimate of drug-likeness (QED) is 0.915. The first kappa shape index (κ1) is 17.3. The third kappa shape index (κ3) is 3.29. The Morgan fingerprint density at radius 2 is 2.12 bits per heavy atom. The molecule has 0 bridgehead atoms. The number of piperidine rings is 1. The molecule has 1 N–H and O–H groups in total. The van der Waals surface area contributed by atoms with Crippen LogP contribution in [0.2, 0.25) is 0 Å². The predicted octanol–water partition coefficient (Wildman–Crippen LogP) is 3.21. The predicted molar refractivity (Wildman–Crippen MR) is 103 cm³/mol. The number of anilines is 1. The molecule has 140 valence electrons. The summed E-state index contributed by atoms with van der Waals surface area (Å²) in [4.78, 5) is 29.1. The summed E-state index contributed by atoms with van der Waals surface area (Å²) >= 11 is 0. The number of rotatable bonds is 4. The summed E-state index contributed by atoms with van der Waals surface area (Å²) in [5, 5.41) is 1.04. The number of likely N-dealkylation sites (tertiary alicyclic amines) is 1. The number of fused-ring (bicyclic) bond motifs is 1. The summed E-state index contributed by atoms with van der Waals surface area (Å²) in [6, 6.07) is 2.31. The van der Waals surface area contributed by atoms with Crippen LogP contribution in [0.15, 0.2) is 18.6 Å². The number of aromatic amines is 1. The highest BCUT2D eigenvalue weighted by Crippen LogP contribution is 2.31. The van der Waals surface area contributed by atoms with Crippen LogP contribution < -0.4 is 4.90 Å². The minimum atomic E-state index is 0.282. The largest absolute Gasteiger partial charge is 0.354 e. The molecule has 0 aromatic carbocycles. The molecule has 1 aliphatic carbocycles. The van der Waals surface area contributed by atoms with Crippen molar-refractivity contribution in [3.8, 4) is 0 Å². The van der Waals surface area contributed by atoms with E-state index in [4.69, 9.17) is 0 Å². The van der Waals surface area contributed by atoms with E-state index in [1.807, 2.05) is 12.3 Å². The Kier molecular flexibility index (Phi) is 4.83. The van der Waals surface area contributed by atoms with E-state index >= 15 is 0 Å². The molecule has 1 aliphatic heterocycles. The van der Waals surface area contributed by atoms with Crippen molar-refractivity contribution < 1.29 is 4.79 Å². The lowest BCUT2D eigenvalue weighted by Gasteiger charge is -2.42. The number of carbonyl (C=O) groups is 1. The number of hydrogen-bond acceptors (Lipinski definition) is 4. The molecule has 6 nitrogen and oxygen atoms in total. The second-order valence-corrected chi connectivity index (χ2v) is 8.08. The summed E-state index contributed by atoms with van der Waals surface area (Å²) in [7, 11) is 2.10. The van der Waals surface area contributed by atoms with Gasteiger partial charge in [-0.3, -0.25) is 4.79 Å². The summed E-state index contributed by atoms with van der Waals surface area (Å²) in [5.74, 6) is 2.42. The SMILES string of the molecule is C[C@@H]1CCN(C(=O)CC2CCCC2)C[C@@H]1N(C)c1ncnc2[nH]ccc12. The monoisotopic (exact) mass is 355 g/mol. The molecule has 2 aromatic heterocycles. The molecular weight excluding hydrogens is 326 g/mol. The van der Waals surface area contributed by atoms with Gasteiger partial charge in [-0.15, -0.1) is 0 Å². The van der Waals surface area contributed by atoms with Crippen LogP contribution in [0, 0.1) is 11.8 Å². The zero-order chi connectivity index (χ0) is 18.1. The highest BCUT2D eigenvalue weighted by Gasteiger charge is 2.33. The van der Waals surface area contributed by atoms with E-state index in [2.05, 4.69) is 38.7 Å². The first-order valence-electron chi connectivity index (χ1n) is 9.92. The topological polar surface area (TPSA) is 65.1 Å². The fourth-order valence-corrected chi connectivity index (χ4v) is 4.67. The van der Waals surface area contributed by atoms with Gasteiger partial charge in [0.2, 0.25) is 5.91 Å². The molecular formula is C20H29N5O. The van der Waals surface area contributed by atoms with Crippen molar-refractivity contribution in [3.05, 3.63) is 18.6 Å². The van der Waals surface area contributed by atoms with Gasteiger partial charge in [0.15, 0.2) is 0 Å². The second-order valence-electron chi connectivity index (χ2n) is 8.08. The molecule has 1 amide bonds. The maximum atomic E-state index is 12.8. The first-order chi connectivity index (χ1) is 12.6. The van der Waals surface area contributed by atoms with Crippen LogP contribution in [0.1, 0.15) is 45.4 Å². The van der Waals surface area contributed by atoms with Crippen molar-refractivity contribution in [3.63, 3.8) is 0 Å². The van der Waals surface area contributed by atoms with Gasteiger partial charge in [0.1, 0.15) is 17.8 Å². The molecule has 6 heteroatoms. The Morgan fingerprint density at radius 1 is 1.31 bits per heavy atom. The number of carbonyl (C=O) groups excluding carboxylic acids is 1. The van der Waals surface area contributed by atoms with Crippen LogP contribution in [0.4, 0.5) is 5.82 Å². The number of likely N-dealkylation sites (N-methyl/N-ethyl adjacent to an activating group) is 1. The van der Waals surface area contributed by atoms with Gasteiger partial charge in [0.25, 0.3) is 0 Å². The van der Waals surface area contributed by atoms with E-state index in [1.54, 1.807) is 6.33 Å². The molecule has 2 atom stereocenters. The van der Waals surface area contributed by atoms with Crippen molar-refractivity contribution in [2.24, 2.45) is 11.8 Å². The lowest BCUT2D eigenvalue weighted by Crippen LogP contribution is -2.53. The molecule has 1 saturated heterocycles. The molecule has 26 heavy (non-hydrogen) atoms. The van der Waals surface area contributed by atoms with Gasteiger partial charge in [-0.1, -0.05) is 19.8 Å². The van der Waals surface area contributed by atoms with Gasteiger partial charge in [0, 0.05) is 32.8 Å². The van der Waals surface area contributed by atoms with Crippen LogP contribution in [-0.2, 0) is 4.79 Å². The maximum Gasteiger partial charge on any atom is 0.222 e. The zero-order valence-electron chi connectivity index (χ0n) is 15.8. The Hall–Kier alpha value is -2.11. The Morgan fingerprint density at radius 3 is 2.92 bits per heavy atom. The number of nitrogens with zero attached hydrogens (tertiary/aromatic N) is 4. The summed E-state index contributed by atoms with van der Waals surface area (Å²) < 4.78 is 0. The fourth-order valence-electron chi connectivity index (χ4n) is 4.67. The molecule has 3 heterocycles. The van der Waals surface area contributed by atoms with E-state index in [0.717, 1.165) is 42.8 Å². The number of hydrogen-bond donors (Lipinski definition) is 1. The number of aromatic nitrogens is 3. The van der Waals surface area contributed by atoms with E-state index in [0.29, 0.717) is 17.7 Å². The summed E-state index contributed by atoms with van der Waals surface area (Å²) in [6.07, 6.45) is 10.3. The zero-order valence-corrected chi connectivity index (χ0v) is 15.8. The third-order valence-corrected chi connectivity index (χ3v) is 6.37. The third-order valence-electron chi connectivity index (χ3n) is 6.37.